The number of morpholine rings is 1. The summed E-state index contributed by atoms with van der Waals surface area (Å²) < 4.78 is 17.2. The van der Waals surface area contributed by atoms with Gasteiger partial charge < -0.3 is 14.2 Å². The number of carbonyl (C=O) groups is 1. The topological polar surface area (TPSA) is 48.0 Å². The molecule has 0 amide bonds. The lowest BCUT2D eigenvalue weighted by Crippen LogP contribution is -2.39. The van der Waals surface area contributed by atoms with Gasteiger partial charge in [-0.1, -0.05) is 46.9 Å². The molecular weight excluding hydrogens is 473 g/mol. The first-order chi connectivity index (χ1) is 15.1. The first-order valence-corrected chi connectivity index (χ1v) is 11.7. The van der Waals surface area contributed by atoms with Crippen LogP contribution in [0.2, 0.25) is 15.1 Å². The number of ether oxygens (including phenoxy) is 3. The second-order valence-corrected chi connectivity index (χ2v) is 9.87. The first-order valence-electron chi connectivity index (χ1n) is 10.5. The van der Waals surface area contributed by atoms with Crippen LogP contribution in [-0.2, 0) is 20.9 Å². The second-order valence-electron chi connectivity index (χ2n) is 8.68. The fourth-order valence-electron chi connectivity index (χ4n) is 3.38. The van der Waals surface area contributed by atoms with E-state index in [4.69, 9.17) is 49.0 Å². The van der Waals surface area contributed by atoms with Crippen molar-refractivity contribution in [2.45, 2.75) is 45.5 Å². The van der Waals surface area contributed by atoms with Gasteiger partial charge in [0.05, 0.1) is 29.2 Å². The number of esters is 1. The normalized spacial score (nSPS) is 17.2. The molecule has 1 aliphatic rings. The minimum atomic E-state index is -0.460. The predicted molar refractivity (Wildman–Crippen MR) is 128 cm³/mol. The van der Waals surface area contributed by atoms with Crippen molar-refractivity contribution in [2.75, 3.05) is 26.2 Å². The molecule has 3 rings (SSSR count). The van der Waals surface area contributed by atoms with Crippen LogP contribution in [0.4, 0.5) is 0 Å². The van der Waals surface area contributed by atoms with E-state index >= 15 is 0 Å². The summed E-state index contributed by atoms with van der Waals surface area (Å²) >= 11 is 18.5. The molecule has 0 bridgehead atoms. The summed E-state index contributed by atoms with van der Waals surface area (Å²) in [6.45, 7) is 8.62. The molecule has 2 aromatic carbocycles. The lowest BCUT2D eigenvalue weighted by Gasteiger charge is -2.33. The highest BCUT2D eigenvalue weighted by molar-refractivity contribution is 6.44. The highest BCUT2D eigenvalue weighted by Gasteiger charge is 2.23. The molecule has 0 radical (unpaired) electrons. The molecule has 0 aromatic heterocycles. The van der Waals surface area contributed by atoms with Crippen LogP contribution in [0.1, 0.15) is 44.4 Å². The predicted octanol–water partition coefficient (Wildman–Crippen LogP) is 6.33. The molecule has 0 aliphatic carbocycles. The van der Waals surface area contributed by atoms with Gasteiger partial charge in [0.25, 0.3) is 0 Å². The van der Waals surface area contributed by atoms with Crippen molar-refractivity contribution in [1.82, 2.24) is 4.90 Å². The van der Waals surface area contributed by atoms with E-state index in [0.29, 0.717) is 46.0 Å². The zero-order chi connectivity index (χ0) is 23.3. The summed E-state index contributed by atoms with van der Waals surface area (Å²) in [5, 5.41) is 1.35. The van der Waals surface area contributed by atoms with Gasteiger partial charge in [-0.15, -0.1) is 0 Å². The van der Waals surface area contributed by atoms with Gasteiger partial charge >= 0.3 is 5.97 Å². The van der Waals surface area contributed by atoms with Gasteiger partial charge in [-0.05, 0) is 50.6 Å². The molecule has 0 saturated carbocycles. The minimum absolute atomic E-state index is 0.0618. The summed E-state index contributed by atoms with van der Waals surface area (Å²) in [4.78, 5) is 14.2. The third-order valence-corrected chi connectivity index (χ3v) is 6.17. The van der Waals surface area contributed by atoms with Crippen molar-refractivity contribution >= 4 is 40.8 Å². The Labute approximate surface area is 204 Å². The quantitative estimate of drug-likeness (QED) is 0.328. The van der Waals surface area contributed by atoms with Gasteiger partial charge in [0.2, 0.25) is 0 Å². The Balaban J connectivity index is 1.53. The fourth-order valence-corrected chi connectivity index (χ4v) is 4.04. The lowest BCUT2D eigenvalue weighted by molar-refractivity contribution is -0.155. The van der Waals surface area contributed by atoms with Crippen LogP contribution in [0.15, 0.2) is 36.4 Å². The third kappa shape index (κ3) is 7.26. The molecule has 1 unspecified atom stereocenters. The van der Waals surface area contributed by atoms with E-state index in [0.717, 1.165) is 18.7 Å². The van der Waals surface area contributed by atoms with Crippen LogP contribution in [-0.4, -0.2) is 42.7 Å². The number of hydrogen-bond donors (Lipinski definition) is 0. The van der Waals surface area contributed by atoms with Crippen LogP contribution in [0.25, 0.3) is 0 Å². The maximum absolute atomic E-state index is 12.0. The molecule has 5 nitrogen and oxygen atoms in total. The largest absolute Gasteiger partial charge is 0.489 e. The summed E-state index contributed by atoms with van der Waals surface area (Å²) in [6.07, 6.45) is 0.305. The molecule has 1 atom stereocenters. The zero-order valence-corrected chi connectivity index (χ0v) is 20.8. The Morgan fingerprint density at radius 1 is 1.09 bits per heavy atom. The number of halogens is 3. The smallest absolute Gasteiger partial charge is 0.307 e. The van der Waals surface area contributed by atoms with Crippen molar-refractivity contribution in [3.05, 3.63) is 62.6 Å². The van der Waals surface area contributed by atoms with Gasteiger partial charge in [0, 0.05) is 30.2 Å². The van der Waals surface area contributed by atoms with E-state index in [-0.39, 0.29) is 18.7 Å². The number of hydrogen-bond acceptors (Lipinski definition) is 5. The molecular formula is C24H28Cl3NO4. The molecule has 0 spiro atoms. The molecule has 1 fully saturated rings. The zero-order valence-electron chi connectivity index (χ0n) is 18.5. The summed E-state index contributed by atoms with van der Waals surface area (Å²) in [6, 6.07) is 11.1. The molecule has 1 heterocycles. The first kappa shape index (κ1) is 25.1. The Morgan fingerprint density at radius 3 is 2.47 bits per heavy atom. The number of benzene rings is 2. The SMILES string of the molecule is CC(C)(C)OC(=O)CCN1CCOC(c2ccc(OCc3c(Cl)ccc(Cl)c3Cl)cc2)C1. The standard InChI is InChI=1S/C24H28Cl3NO4/c1-24(2,3)32-22(29)10-11-28-12-13-30-21(14-28)16-4-6-17(7-5-16)31-15-18-19(25)8-9-20(26)23(18)27/h4-9,21H,10-15H2,1-3H3. The lowest BCUT2D eigenvalue weighted by atomic mass is 10.1. The summed E-state index contributed by atoms with van der Waals surface area (Å²) in [5.74, 6) is 0.514. The van der Waals surface area contributed by atoms with Crippen molar-refractivity contribution < 1.29 is 19.0 Å². The molecule has 1 aliphatic heterocycles. The number of nitrogens with zero attached hydrogens (tertiary/aromatic N) is 1. The third-order valence-electron chi connectivity index (χ3n) is 4.98. The van der Waals surface area contributed by atoms with Gasteiger partial charge in [-0.25, -0.2) is 0 Å². The van der Waals surface area contributed by atoms with E-state index in [2.05, 4.69) is 4.90 Å². The van der Waals surface area contributed by atoms with Gasteiger partial charge in [0.15, 0.2) is 0 Å². The molecule has 2 aromatic rings. The van der Waals surface area contributed by atoms with Crippen LogP contribution in [0, 0.1) is 0 Å². The van der Waals surface area contributed by atoms with Crippen molar-refractivity contribution in [2.24, 2.45) is 0 Å². The highest BCUT2D eigenvalue weighted by Crippen LogP contribution is 2.32. The average Bonchev–Trinajstić information content (AvgIpc) is 2.74. The van der Waals surface area contributed by atoms with E-state index < -0.39 is 5.60 Å². The van der Waals surface area contributed by atoms with Crippen LogP contribution in [0.5, 0.6) is 5.75 Å². The van der Waals surface area contributed by atoms with Crippen LogP contribution in [0.3, 0.4) is 0 Å². The van der Waals surface area contributed by atoms with Gasteiger partial charge in [-0.3, -0.25) is 9.69 Å². The van der Waals surface area contributed by atoms with Crippen LogP contribution < -0.4 is 4.74 Å². The average molecular weight is 501 g/mol. The monoisotopic (exact) mass is 499 g/mol. The maximum atomic E-state index is 12.0. The Hall–Kier alpha value is -1.50. The van der Waals surface area contributed by atoms with Gasteiger partial charge in [0.1, 0.15) is 18.0 Å². The maximum Gasteiger partial charge on any atom is 0.307 e. The number of rotatable bonds is 7. The summed E-state index contributed by atoms with van der Waals surface area (Å²) in [7, 11) is 0. The molecule has 32 heavy (non-hydrogen) atoms. The van der Waals surface area contributed by atoms with E-state index in [1.54, 1.807) is 12.1 Å². The second kappa shape index (κ2) is 11.1. The molecule has 8 heteroatoms. The fraction of sp³-hybridized carbons (Fsp3) is 0.458. The van der Waals surface area contributed by atoms with Crippen molar-refractivity contribution in [3.63, 3.8) is 0 Å². The van der Waals surface area contributed by atoms with Gasteiger partial charge in [-0.2, -0.15) is 0 Å². The minimum Gasteiger partial charge on any atom is -0.489 e. The molecule has 1 saturated heterocycles. The Bertz CT molecular complexity index is 928. The van der Waals surface area contributed by atoms with Crippen molar-refractivity contribution in [3.8, 4) is 5.75 Å². The molecule has 174 valence electrons. The highest BCUT2D eigenvalue weighted by atomic mass is 35.5. The van der Waals surface area contributed by atoms with E-state index in [1.165, 1.54) is 0 Å². The van der Waals surface area contributed by atoms with Crippen LogP contribution >= 0.6 is 34.8 Å². The van der Waals surface area contributed by atoms with Crippen molar-refractivity contribution in [1.29, 1.82) is 0 Å². The summed E-state index contributed by atoms with van der Waals surface area (Å²) in [5.41, 5.74) is 1.25. The number of carbonyl (C=O) groups excluding carboxylic acids is 1. The van der Waals surface area contributed by atoms with E-state index in [9.17, 15) is 4.79 Å². The Kier molecular flexibility index (Phi) is 8.70. The van der Waals surface area contributed by atoms with E-state index in [1.807, 2.05) is 45.0 Å². The Morgan fingerprint density at radius 2 is 1.78 bits per heavy atom. The molecule has 0 N–H and O–H groups in total.